The molecule has 0 radical (unpaired) electrons. The van der Waals surface area contributed by atoms with Crippen LogP contribution in [0, 0.1) is 11.8 Å². The number of nitrogens with one attached hydrogen (secondary N) is 1. The number of rotatable bonds is 3. The molecule has 1 aliphatic heterocycles. The number of amides is 2. The molecule has 5 heteroatoms. The van der Waals surface area contributed by atoms with Crippen LogP contribution in [-0.4, -0.2) is 41.1 Å². The number of aliphatic carboxylic acids is 1. The molecule has 2 rings (SSSR count). The van der Waals surface area contributed by atoms with Crippen molar-refractivity contribution >= 4 is 12.0 Å². The molecule has 0 aromatic heterocycles. The maximum Gasteiger partial charge on any atom is 0.317 e. The van der Waals surface area contributed by atoms with Crippen LogP contribution >= 0.6 is 0 Å². The van der Waals surface area contributed by atoms with Crippen molar-refractivity contribution in [3.8, 4) is 0 Å². The molecule has 2 fully saturated rings. The van der Waals surface area contributed by atoms with Crippen molar-refractivity contribution in [3.63, 3.8) is 0 Å². The number of nitrogens with zero attached hydrogens (tertiary/aromatic N) is 1. The monoisotopic (exact) mass is 226 g/mol. The van der Waals surface area contributed by atoms with Crippen molar-refractivity contribution in [2.24, 2.45) is 11.8 Å². The number of urea groups is 1. The molecule has 0 unspecified atom stereocenters. The van der Waals surface area contributed by atoms with Crippen molar-refractivity contribution in [3.05, 3.63) is 0 Å². The first-order valence-corrected chi connectivity index (χ1v) is 5.82. The van der Waals surface area contributed by atoms with Gasteiger partial charge in [0.25, 0.3) is 0 Å². The highest BCUT2D eigenvalue weighted by atomic mass is 16.4. The van der Waals surface area contributed by atoms with E-state index in [0.717, 1.165) is 18.8 Å². The quantitative estimate of drug-likeness (QED) is 0.751. The lowest BCUT2D eigenvalue weighted by Crippen LogP contribution is -2.57. The molecule has 90 valence electrons. The predicted molar refractivity (Wildman–Crippen MR) is 58.0 cm³/mol. The third-order valence-electron chi connectivity index (χ3n) is 3.41. The largest absolute Gasteiger partial charge is 0.481 e. The van der Waals surface area contributed by atoms with E-state index in [0.29, 0.717) is 19.1 Å². The van der Waals surface area contributed by atoms with E-state index >= 15 is 0 Å². The van der Waals surface area contributed by atoms with Crippen molar-refractivity contribution in [2.45, 2.75) is 32.2 Å². The molecular weight excluding hydrogens is 208 g/mol. The maximum absolute atomic E-state index is 11.6. The Hall–Kier alpha value is -1.26. The summed E-state index contributed by atoms with van der Waals surface area (Å²) in [4.78, 5) is 23.8. The summed E-state index contributed by atoms with van der Waals surface area (Å²) in [5.41, 5.74) is 0. The Labute approximate surface area is 94.8 Å². The van der Waals surface area contributed by atoms with Crippen molar-refractivity contribution in [2.75, 3.05) is 13.1 Å². The van der Waals surface area contributed by atoms with E-state index in [1.165, 1.54) is 0 Å². The van der Waals surface area contributed by atoms with Crippen LogP contribution in [0.25, 0.3) is 0 Å². The second kappa shape index (κ2) is 4.31. The van der Waals surface area contributed by atoms with Gasteiger partial charge >= 0.3 is 12.0 Å². The predicted octanol–water partition coefficient (Wildman–Crippen LogP) is 0.901. The fourth-order valence-corrected chi connectivity index (χ4v) is 2.40. The maximum atomic E-state index is 11.6. The second-order valence-corrected chi connectivity index (χ2v) is 5.09. The average Bonchev–Trinajstić information content (AvgIpc) is 2.07. The lowest BCUT2D eigenvalue weighted by atomic mass is 9.82. The molecule has 0 aromatic rings. The van der Waals surface area contributed by atoms with Gasteiger partial charge in [0.2, 0.25) is 0 Å². The molecule has 2 aliphatic rings. The van der Waals surface area contributed by atoms with Crippen LogP contribution in [0.15, 0.2) is 0 Å². The van der Waals surface area contributed by atoms with Gasteiger partial charge in [-0.2, -0.15) is 0 Å². The zero-order chi connectivity index (χ0) is 11.7. The van der Waals surface area contributed by atoms with E-state index in [2.05, 4.69) is 12.2 Å². The van der Waals surface area contributed by atoms with E-state index in [1.54, 1.807) is 4.90 Å². The molecule has 1 saturated heterocycles. The van der Waals surface area contributed by atoms with E-state index in [4.69, 9.17) is 5.11 Å². The van der Waals surface area contributed by atoms with Gasteiger partial charge in [-0.1, -0.05) is 6.92 Å². The minimum absolute atomic E-state index is 0.0291. The Kier molecular flexibility index (Phi) is 3.03. The first-order valence-electron chi connectivity index (χ1n) is 5.82. The first kappa shape index (κ1) is 11.2. The highest BCUT2D eigenvalue weighted by Gasteiger charge is 2.34. The lowest BCUT2D eigenvalue weighted by Gasteiger charge is -2.41. The molecule has 0 bridgehead atoms. The van der Waals surface area contributed by atoms with Gasteiger partial charge in [-0.3, -0.25) is 4.79 Å². The smallest absolute Gasteiger partial charge is 0.317 e. The number of carbonyl (C=O) groups excluding carboxylic acids is 1. The van der Waals surface area contributed by atoms with Gasteiger partial charge in [-0.05, 0) is 18.8 Å². The molecule has 16 heavy (non-hydrogen) atoms. The first-order chi connectivity index (χ1) is 7.54. The Morgan fingerprint density at radius 2 is 2.00 bits per heavy atom. The van der Waals surface area contributed by atoms with Gasteiger partial charge in [0.15, 0.2) is 0 Å². The van der Waals surface area contributed by atoms with Gasteiger partial charge in [0, 0.05) is 25.0 Å². The third kappa shape index (κ3) is 2.46. The number of hydrogen-bond donors (Lipinski definition) is 2. The van der Waals surface area contributed by atoms with E-state index in [1.807, 2.05) is 0 Å². The van der Waals surface area contributed by atoms with Gasteiger partial charge < -0.3 is 15.3 Å². The summed E-state index contributed by atoms with van der Waals surface area (Å²) < 4.78 is 0. The standard InChI is InChI=1S/C11H18N2O3/c1-7-2-9(3-7)12-11(16)13-5-8(6-13)4-10(14)15/h7-9H,2-6H2,1H3,(H,12,16)(H,14,15). The molecule has 0 atom stereocenters. The Bertz CT molecular complexity index is 294. The fourth-order valence-electron chi connectivity index (χ4n) is 2.40. The van der Waals surface area contributed by atoms with Crippen molar-refractivity contribution < 1.29 is 14.7 Å². The zero-order valence-electron chi connectivity index (χ0n) is 9.48. The molecule has 1 aliphatic carbocycles. The van der Waals surface area contributed by atoms with Gasteiger partial charge in [-0.15, -0.1) is 0 Å². The third-order valence-corrected chi connectivity index (χ3v) is 3.41. The lowest BCUT2D eigenvalue weighted by molar-refractivity contribution is -0.139. The molecule has 1 heterocycles. The highest BCUT2D eigenvalue weighted by molar-refractivity contribution is 5.76. The van der Waals surface area contributed by atoms with E-state index in [-0.39, 0.29) is 18.4 Å². The van der Waals surface area contributed by atoms with E-state index in [9.17, 15) is 9.59 Å². The number of likely N-dealkylation sites (tertiary alicyclic amines) is 1. The number of carboxylic acids is 1. The summed E-state index contributed by atoms with van der Waals surface area (Å²) in [6.45, 7) is 3.34. The summed E-state index contributed by atoms with van der Waals surface area (Å²) in [6.07, 6.45) is 2.31. The highest BCUT2D eigenvalue weighted by Crippen LogP contribution is 2.27. The average molecular weight is 226 g/mol. The van der Waals surface area contributed by atoms with Crippen molar-refractivity contribution in [1.29, 1.82) is 0 Å². The normalized spacial score (nSPS) is 29.2. The fraction of sp³-hybridized carbons (Fsp3) is 0.818. The molecule has 0 spiro atoms. The van der Waals surface area contributed by atoms with Crippen LogP contribution < -0.4 is 5.32 Å². The molecular formula is C11H18N2O3. The van der Waals surface area contributed by atoms with Crippen LogP contribution in [-0.2, 0) is 4.79 Å². The Balaban J connectivity index is 1.63. The number of carboxylic acid groups (broad SMARTS) is 1. The van der Waals surface area contributed by atoms with Crippen molar-refractivity contribution in [1.82, 2.24) is 10.2 Å². The molecule has 2 amide bonds. The van der Waals surface area contributed by atoms with E-state index < -0.39 is 5.97 Å². The molecule has 5 nitrogen and oxygen atoms in total. The van der Waals surface area contributed by atoms with Crippen LogP contribution in [0.1, 0.15) is 26.2 Å². The summed E-state index contributed by atoms with van der Waals surface area (Å²) in [7, 11) is 0. The van der Waals surface area contributed by atoms with Gasteiger partial charge in [-0.25, -0.2) is 4.79 Å². The number of hydrogen-bond acceptors (Lipinski definition) is 2. The second-order valence-electron chi connectivity index (χ2n) is 5.09. The van der Waals surface area contributed by atoms with Crippen LogP contribution in [0.4, 0.5) is 4.79 Å². The SMILES string of the molecule is CC1CC(NC(=O)N2CC(CC(=O)O)C2)C1. The number of carbonyl (C=O) groups is 2. The van der Waals surface area contributed by atoms with Crippen LogP contribution in [0.2, 0.25) is 0 Å². The summed E-state index contributed by atoms with van der Waals surface area (Å²) in [6, 6.07) is 0.305. The minimum Gasteiger partial charge on any atom is -0.481 e. The molecule has 1 saturated carbocycles. The molecule has 0 aromatic carbocycles. The summed E-state index contributed by atoms with van der Waals surface area (Å²) in [5.74, 6) is 0.0860. The van der Waals surface area contributed by atoms with Gasteiger partial charge in [0.05, 0.1) is 6.42 Å². The summed E-state index contributed by atoms with van der Waals surface area (Å²) >= 11 is 0. The summed E-state index contributed by atoms with van der Waals surface area (Å²) in [5, 5.41) is 11.5. The van der Waals surface area contributed by atoms with Gasteiger partial charge in [0.1, 0.15) is 0 Å². The Morgan fingerprint density at radius 3 is 2.50 bits per heavy atom. The Morgan fingerprint density at radius 1 is 1.38 bits per heavy atom. The minimum atomic E-state index is -0.780. The zero-order valence-corrected chi connectivity index (χ0v) is 9.48. The topological polar surface area (TPSA) is 69.6 Å². The molecule has 2 N–H and O–H groups in total. The van der Waals surface area contributed by atoms with Crippen LogP contribution in [0.5, 0.6) is 0 Å². The van der Waals surface area contributed by atoms with Crippen LogP contribution in [0.3, 0.4) is 0 Å².